The van der Waals surface area contributed by atoms with Crippen LogP contribution in [-0.4, -0.2) is 68.0 Å². The lowest BCUT2D eigenvalue weighted by Crippen LogP contribution is -2.60. The Hall–Kier alpha value is -0.340. The lowest BCUT2D eigenvalue weighted by atomic mass is 9.99. The molecule has 1 heterocycles. The van der Waals surface area contributed by atoms with Crippen LogP contribution in [0.15, 0.2) is 0 Å². The fourth-order valence-corrected chi connectivity index (χ4v) is 2.20. The minimum absolute atomic E-state index is 0.367. The highest BCUT2D eigenvalue weighted by molar-refractivity contribution is 7.37. The molecule has 0 aromatic rings. The summed E-state index contributed by atoms with van der Waals surface area (Å²) >= 11 is 0. The van der Waals surface area contributed by atoms with Crippen molar-refractivity contribution in [3.8, 4) is 0 Å². The molecule has 8 nitrogen and oxygen atoms in total. The van der Waals surface area contributed by atoms with E-state index in [0.29, 0.717) is 0 Å². The van der Waals surface area contributed by atoms with Crippen LogP contribution in [0.2, 0.25) is 0 Å². The number of ether oxygens (including phenoxy) is 1. The molecule has 100 valence electrons. The first-order chi connectivity index (χ1) is 7.84. The average Bonchev–Trinajstić information content (AvgIpc) is 2.28. The third-order valence-corrected chi connectivity index (χ3v) is 3.45. The summed E-state index contributed by atoms with van der Waals surface area (Å²) in [6, 6.07) is 0. The Kier molecular flexibility index (Phi) is 5.21. The lowest BCUT2D eigenvalue weighted by Gasteiger charge is -2.40. The Morgan fingerprint density at radius 1 is 1.24 bits per heavy atom. The molecule has 0 aromatic heterocycles. The second-order valence-electron chi connectivity index (χ2n) is 3.73. The van der Waals surface area contributed by atoms with Gasteiger partial charge in [0.25, 0.3) is 0 Å². The third-order valence-electron chi connectivity index (χ3n) is 2.33. The Labute approximate surface area is 99.1 Å². The van der Waals surface area contributed by atoms with Crippen molar-refractivity contribution in [2.45, 2.75) is 43.5 Å². The molecular formula is C8H16NO7P. The maximum absolute atomic E-state index is 10.6. The maximum atomic E-state index is 10.6. The molecule has 1 aliphatic heterocycles. The van der Waals surface area contributed by atoms with Gasteiger partial charge in [-0.15, -0.1) is 0 Å². The summed E-state index contributed by atoms with van der Waals surface area (Å²) in [5.41, 5.74) is 0. The average molecular weight is 269 g/mol. The van der Waals surface area contributed by atoms with Crippen molar-refractivity contribution in [1.82, 2.24) is 5.09 Å². The first-order valence-corrected chi connectivity index (χ1v) is 6.00. The number of rotatable bonds is 3. The zero-order chi connectivity index (χ0) is 13.2. The Morgan fingerprint density at radius 2 is 1.82 bits per heavy atom. The van der Waals surface area contributed by atoms with Crippen LogP contribution in [0.3, 0.4) is 0 Å². The Morgan fingerprint density at radius 3 is 2.35 bits per heavy atom. The largest absolute Gasteiger partial charge is 0.387 e. The van der Waals surface area contributed by atoms with E-state index in [1.54, 1.807) is 0 Å². The first kappa shape index (κ1) is 14.7. The molecule has 17 heavy (non-hydrogen) atoms. The van der Waals surface area contributed by atoms with Gasteiger partial charge in [-0.3, -0.25) is 4.79 Å². The minimum Gasteiger partial charge on any atom is -0.387 e. The molecule has 0 aromatic carbocycles. The van der Waals surface area contributed by atoms with Gasteiger partial charge in [0.1, 0.15) is 30.3 Å². The molecule has 9 heteroatoms. The third kappa shape index (κ3) is 3.56. The second-order valence-corrected chi connectivity index (χ2v) is 4.86. The standard InChI is InChI=1S/C8H16NO7P/c1-2(10)9-17-8(15)6-4(12)3(11)5(13)7(14)16-6/h3-8,11-15,17H,1H3,(H,9,10)/t3-,4-,5-,6-,7-,8?/m0/s1. The van der Waals surface area contributed by atoms with Crippen LogP contribution in [0.25, 0.3) is 0 Å². The minimum atomic E-state index is -1.70. The summed E-state index contributed by atoms with van der Waals surface area (Å²) in [5.74, 6) is -1.65. The molecule has 0 radical (unpaired) electrons. The number of amides is 1. The molecule has 0 saturated carbocycles. The van der Waals surface area contributed by atoms with Gasteiger partial charge < -0.3 is 35.4 Å². The number of nitrogens with one attached hydrogen (secondary N) is 1. The molecule has 1 amide bonds. The monoisotopic (exact) mass is 269 g/mol. The summed E-state index contributed by atoms with van der Waals surface area (Å²) in [6.45, 7) is 1.26. The van der Waals surface area contributed by atoms with Crippen molar-refractivity contribution in [3.05, 3.63) is 0 Å². The second kappa shape index (κ2) is 6.01. The molecule has 1 rings (SSSR count). The number of carbonyl (C=O) groups is 1. The van der Waals surface area contributed by atoms with Gasteiger partial charge in [0.05, 0.1) is 0 Å². The van der Waals surface area contributed by atoms with Crippen molar-refractivity contribution in [3.63, 3.8) is 0 Å². The zero-order valence-electron chi connectivity index (χ0n) is 9.02. The van der Waals surface area contributed by atoms with Crippen LogP contribution < -0.4 is 5.09 Å². The van der Waals surface area contributed by atoms with Gasteiger partial charge in [-0.05, 0) is 0 Å². The molecule has 7 atom stereocenters. The molecule has 0 aliphatic carbocycles. The highest BCUT2D eigenvalue weighted by atomic mass is 31.1. The molecule has 0 bridgehead atoms. The van der Waals surface area contributed by atoms with E-state index in [-0.39, 0.29) is 5.91 Å². The molecule has 0 spiro atoms. The van der Waals surface area contributed by atoms with E-state index >= 15 is 0 Å². The van der Waals surface area contributed by atoms with Gasteiger partial charge in [0, 0.05) is 15.7 Å². The van der Waals surface area contributed by atoms with Crippen molar-refractivity contribution in [1.29, 1.82) is 0 Å². The fourth-order valence-electron chi connectivity index (χ4n) is 1.41. The summed E-state index contributed by atoms with van der Waals surface area (Å²) in [7, 11) is -0.458. The molecule has 2 unspecified atom stereocenters. The fraction of sp³-hybridized carbons (Fsp3) is 0.875. The van der Waals surface area contributed by atoms with Crippen LogP contribution in [0, 0.1) is 0 Å². The van der Waals surface area contributed by atoms with Crippen molar-refractivity contribution < 1.29 is 35.1 Å². The molecule has 1 aliphatic rings. The van der Waals surface area contributed by atoms with E-state index in [2.05, 4.69) is 5.09 Å². The quantitative estimate of drug-likeness (QED) is 0.297. The van der Waals surface area contributed by atoms with Crippen LogP contribution in [0.1, 0.15) is 6.92 Å². The van der Waals surface area contributed by atoms with E-state index in [4.69, 9.17) is 4.74 Å². The molecular weight excluding hydrogens is 253 g/mol. The lowest BCUT2D eigenvalue weighted by molar-refractivity contribution is -0.290. The van der Waals surface area contributed by atoms with Crippen molar-refractivity contribution in [2.75, 3.05) is 0 Å². The summed E-state index contributed by atoms with van der Waals surface area (Å²) < 4.78 is 4.78. The maximum Gasteiger partial charge on any atom is 0.219 e. The Bertz CT molecular complexity index is 279. The van der Waals surface area contributed by atoms with Gasteiger partial charge in [0.15, 0.2) is 6.29 Å². The topological polar surface area (TPSA) is 139 Å². The SMILES string of the molecule is CC(=O)NPC(O)[C@H]1O[C@H](O)[C@@H](O)[C@@H](O)[C@@H]1O. The summed E-state index contributed by atoms with van der Waals surface area (Å²) in [5, 5.41) is 49.3. The van der Waals surface area contributed by atoms with E-state index < -0.39 is 45.3 Å². The molecule has 1 saturated heterocycles. The number of aliphatic hydroxyl groups is 5. The van der Waals surface area contributed by atoms with Crippen LogP contribution in [-0.2, 0) is 9.53 Å². The number of carbonyl (C=O) groups excluding carboxylic acids is 1. The Balaban J connectivity index is 2.60. The number of hydrogen-bond acceptors (Lipinski definition) is 7. The predicted octanol–water partition coefficient (Wildman–Crippen LogP) is -3.17. The highest BCUT2D eigenvalue weighted by Crippen LogP contribution is 2.27. The van der Waals surface area contributed by atoms with Crippen LogP contribution in [0.5, 0.6) is 0 Å². The van der Waals surface area contributed by atoms with Gasteiger partial charge in [-0.25, -0.2) is 0 Å². The number of aliphatic hydroxyl groups excluding tert-OH is 5. The molecule has 6 N–H and O–H groups in total. The van der Waals surface area contributed by atoms with E-state index in [1.807, 2.05) is 0 Å². The highest BCUT2D eigenvalue weighted by Gasteiger charge is 2.45. The van der Waals surface area contributed by atoms with Gasteiger partial charge in [-0.2, -0.15) is 0 Å². The smallest absolute Gasteiger partial charge is 0.219 e. The van der Waals surface area contributed by atoms with Gasteiger partial charge in [-0.1, -0.05) is 0 Å². The van der Waals surface area contributed by atoms with Crippen LogP contribution >= 0.6 is 8.73 Å². The predicted molar refractivity (Wildman–Crippen MR) is 57.0 cm³/mol. The zero-order valence-corrected chi connectivity index (χ0v) is 10.0. The summed E-state index contributed by atoms with van der Waals surface area (Å²) in [6.07, 6.45) is -7.80. The van der Waals surface area contributed by atoms with E-state index in [1.165, 1.54) is 6.92 Å². The summed E-state index contributed by atoms with van der Waals surface area (Å²) in [4.78, 5) is 10.6. The first-order valence-electron chi connectivity index (χ1n) is 4.92. The van der Waals surface area contributed by atoms with E-state index in [9.17, 15) is 30.3 Å². The van der Waals surface area contributed by atoms with Gasteiger partial charge in [0.2, 0.25) is 5.91 Å². The van der Waals surface area contributed by atoms with Crippen molar-refractivity contribution >= 4 is 14.6 Å². The van der Waals surface area contributed by atoms with Gasteiger partial charge >= 0.3 is 0 Å². The van der Waals surface area contributed by atoms with Crippen molar-refractivity contribution in [2.24, 2.45) is 0 Å². The normalized spacial score (nSPS) is 40.5. The van der Waals surface area contributed by atoms with E-state index in [0.717, 1.165) is 0 Å². The van der Waals surface area contributed by atoms with Crippen LogP contribution in [0.4, 0.5) is 0 Å². The number of hydrogen-bond donors (Lipinski definition) is 6. The molecule has 1 fully saturated rings.